The number of aromatic nitrogens is 1. The van der Waals surface area contributed by atoms with Gasteiger partial charge in [-0.2, -0.15) is 13.2 Å². The molecule has 4 nitrogen and oxygen atoms in total. The minimum absolute atomic E-state index is 0.135. The average molecular weight is 388 g/mol. The van der Waals surface area contributed by atoms with E-state index in [-0.39, 0.29) is 17.7 Å². The van der Waals surface area contributed by atoms with Crippen molar-refractivity contribution >= 4 is 28.2 Å². The Morgan fingerprint density at radius 3 is 2.43 bits per heavy atom. The summed E-state index contributed by atoms with van der Waals surface area (Å²) in [5, 5.41) is 3.54. The number of pyridine rings is 1. The fraction of sp³-hybridized carbons (Fsp3) is 0.238. The van der Waals surface area contributed by atoms with Gasteiger partial charge in [0.15, 0.2) is 0 Å². The van der Waals surface area contributed by atoms with Crippen LogP contribution in [0.15, 0.2) is 48.7 Å². The van der Waals surface area contributed by atoms with E-state index in [0.717, 1.165) is 24.1 Å². The van der Waals surface area contributed by atoms with E-state index in [2.05, 4.69) is 10.3 Å². The number of hydrogen-bond acceptors (Lipinski definition) is 4. The summed E-state index contributed by atoms with van der Waals surface area (Å²) in [6.45, 7) is 3.89. The van der Waals surface area contributed by atoms with Gasteiger partial charge in [-0.3, -0.25) is 4.98 Å². The number of hydrogen-bond donors (Lipinski definition) is 1. The molecule has 28 heavy (non-hydrogen) atoms. The minimum Gasteiger partial charge on any atom is -0.462 e. The van der Waals surface area contributed by atoms with Crippen LogP contribution >= 0.6 is 0 Å². The van der Waals surface area contributed by atoms with Gasteiger partial charge in [0.05, 0.1) is 23.4 Å². The summed E-state index contributed by atoms with van der Waals surface area (Å²) in [6, 6.07) is 10.8. The molecule has 2 aromatic carbocycles. The van der Waals surface area contributed by atoms with E-state index in [9.17, 15) is 18.0 Å². The fourth-order valence-electron chi connectivity index (χ4n) is 2.84. The highest BCUT2D eigenvalue weighted by Gasteiger charge is 2.31. The first-order valence-corrected chi connectivity index (χ1v) is 8.86. The van der Waals surface area contributed by atoms with E-state index >= 15 is 0 Å². The third-order valence-corrected chi connectivity index (χ3v) is 4.32. The molecular formula is C21H19F3N2O2. The monoisotopic (exact) mass is 388 g/mol. The number of aryl methyl sites for hydroxylation is 1. The van der Waals surface area contributed by atoms with E-state index in [1.54, 1.807) is 6.92 Å². The zero-order valence-corrected chi connectivity index (χ0v) is 15.4. The van der Waals surface area contributed by atoms with Crippen molar-refractivity contribution in [1.82, 2.24) is 4.98 Å². The van der Waals surface area contributed by atoms with Gasteiger partial charge in [0, 0.05) is 17.3 Å². The van der Waals surface area contributed by atoms with Crippen molar-refractivity contribution in [3.8, 4) is 0 Å². The first-order valence-electron chi connectivity index (χ1n) is 8.86. The minimum atomic E-state index is -4.47. The maximum atomic E-state index is 13.0. The van der Waals surface area contributed by atoms with Gasteiger partial charge in [-0.15, -0.1) is 0 Å². The van der Waals surface area contributed by atoms with E-state index in [1.165, 1.54) is 12.3 Å². The van der Waals surface area contributed by atoms with Crippen molar-refractivity contribution in [2.75, 3.05) is 11.9 Å². The van der Waals surface area contributed by atoms with Crippen molar-refractivity contribution in [1.29, 1.82) is 0 Å². The number of nitrogens with one attached hydrogen (secondary N) is 1. The number of ether oxygens (including phenoxy) is 1. The third kappa shape index (κ3) is 4.08. The largest absolute Gasteiger partial charge is 0.462 e. The number of fused-ring (bicyclic) bond motifs is 1. The molecule has 0 atom stereocenters. The first-order chi connectivity index (χ1) is 13.3. The maximum absolute atomic E-state index is 13.0. The number of carbonyl (C=O) groups excluding carboxylic acids is 1. The summed E-state index contributed by atoms with van der Waals surface area (Å²) >= 11 is 0. The second-order valence-corrected chi connectivity index (χ2v) is 6.17. The van der Waals surface area contributed by atoms with Crippen LogP contribution in [0.25, 0.3) is 10.9 Å². The van der Waals surface area contributed by atoms with Crippen molar-refractivity contribution in [2.24, 2.45) is 0 Å². The molecule has 0 aliphatic carbocycles. The van der Waals surface area contributed by atoms with Gasteiger partial charge in [-0.25, -0.2) is 4.79 Å². The van der Waals surface area contributed by atoms with Crippen LogP contribution in [0.3, 0.4) is 0 Å². The number of alkyl halides is 3. The van der Waals surface area contributed by atoms with Crippen LogP contribution < -0.4 is 5.32 Å². The molecule has 3 rings (SSSR count). The summed E-state index contributed by atoms with van der Waals surface area (Å²) in [7, 11) is 0. The summed E-state index contributed by atoms with van der Waals surface area (Å²) in [4.78, 5) is 16.4. The third-order valence-electron chi connectivity index (χ3n) is 4.32. The Kier molecular flexibility index (Phi) is 5.53. The van der Waals surface area contributed by atoms with Crippen molar-refractivity contribution in [3.63, 3.8) is 0 Å². The van der Waals surface area contributed by atoms with Gasteiger partial charge in [0.2, 0.25) is 0 Å². The van der Waals surface area contributed by atoms with E-state index in [1.807, 2.05) is 31.2 Å². The molecule has 0 aliphatic heterocycles. The maximum Gasteiger partial charge on any atom is 0.416 e. The van der Waals surface area contributed by atoms with E-state index in [0.29, 0.717) is 16.8 Å². The Balaban J connectivity index is 2.13. The van der Waals surface area contributed by atoms with Crippen molar-refractivity contribution in [3.05, 3.63) is 65.4 Å². The number of halogens is 3. The highest BCUT2D eigenvalue weighted by molar-refractivity contribution is 6.06. The predicted molar refractivity (Wildman–Crippen MR) is 102 cm³/mol. The number of nitrogens with zero attached hydrogens (tertiary/aromatic N) is 1. The van der Waals surface area contributed by atoms with Crippen LogP contribution in [0.5, 0.6) is 0 Å². The molecule has 0 unspecified atom stereocenters. The Morgan fingerprint density at radius 1 is 1.11 bits per heavy atom. The summed E-state index contributed by atoms with van der Waals surface area (Å²) in [5.41, 5.74) is 1.71. The van der Waals surface area contributed by atoms with Gasteiger partial charge in [0.1, 0.15) is 5.56 Å². The van der Waals surface area contributed by atoms with E-state index < -0.39 is 17.7 Å². The van der Waals surface area contributed by atoms with Gasteiger partial charge >= 0.3 is 12.1 Å². The summed E-state index contributed by atoms with van der Waals surface area (Å²) in [6.07, 6.45) is -2.35. The molecule has 1 heterocycles. The Hall–Kier alpha value is -3.09. The second kappa shape index (κ2) is 7.88. The standard InChI is InChI=1S/C21H19F3N2O2/c1-3-13-5-8-15(9-6-13)26-19-16-10-7-14(21(22,23)24)11-18(16)25-12-17(19)20(27)28-4-2/h5-12H,3-4H2,1-2H3,(H,25,26). The lowest BCUT2D eigenvalue weighted by atomic mass is 10.1. The van der Waals surface area contributed by atoms with Gasteiger partial charge < -0.3 is 10.1 Å². The lowest BCUT2D eigenvalue weighted by Gasteiger charge is -2.15. The molecule has 1 N–H and O–H groups in total. The Labute approximate surface area is 160 Å². The Bertz CT molecular complexity index is 999. The number of benzene rings is 2. The van der Waals surface area contributed by atoms with Crippen LogP contribution in [0.2, 0.25) is 0 Å². The number of anilines is 2. The molecule has 0 aliphatic rings. The molecule has 0 radical (unpaired) electrons. The molecule has 0 spiro atoms. The average Bonchev–Trinajstić information content (AvgIpc) is 2.67. The fourth-order valence-corrected chi connectivity index (χ4v) is 2.84. The molecule has 0 bridgehead atoms. The first kappa shape index (κ1) is 19.7. The Morgan fingerprint density at radius 2 is 1.82 bits per heavy atom. The lowest BCUT2D eigenvalue weighted by molar-refractivity contribution is -0.137. The van der Waals surface area contributed by atoms with Crippen LogP contribution in [-0.4, -0.2) is 17.6 Å². The highest BCUT2D eigenvalue weighted by Crippen LogP contribution is 2.35. The topological polar surface area (TPSA) is 51.2 Å². The second-order valence-electron chi connectivity index (χ2n) is 6.17. The number of rotatable bonds is 5. The molecule has 7 heteroatoms. The van der Waals surface area contributed by atoms with Crippen LogP contribution in [0.4, 0.5) is 24.5 Å². The van der Waals surface area contributed by atoms with Crippen molar-refractivity contribution in [2.45, 2.75) is 26.4 Å². The summed E-state index contributed by atoms with van der Waals surface area (Å²) in [5.74, 6) is -0.593. The molecule has 1 aromatic heterocycles. The zero-order valence-electron chi connectivity index (χ0n) is 15.4. The quantitative estimate of drug-likeness (QED) is 0.567. The smallest absolute Gasteiger partial charge is 0.416 e. The van der Waals surface area contributed by atoms with Gasteiger partial charge in [0.25, 0.3) is 0 Å². The molecule has 146 valence electrons. The highest BCUT2D eigenvalue weighted by atomic mass is 19.4. The molecule has 0 fully saturated rings. The van der Waals surface area contributed by atoms with Crippen LogP contribution in [0, 0.1) is 0 Å². The molecule has 3 aromatic rings. The van der Waals surface area contributed by atoms with Crippen LogP contribution in [0.1, 0.15) is 35.3 Å². The number of carbonyl (C=O) groups is 1. The van der Waals surface area contributed by atoms with Crippen LogP contribution in [-0.2, 0) is 17.3 Å². The molecule has 0 amide bonds. The summed E-state index contributed by atoms with van der Waals surface area (Å²) < 4.78 is 44.1. The predicted octanol–water partition coefficient (Wildman–Crippen LogP) is 5.74. The zero-order chi connectivity index (χ0) is 20.3. The van der Waals surface area contributed by atoms with E-state index in [4.69, 9.17) is 4.74 Å². The molecular weight excluding hydrogens is 369 g/mol. The number of esters is 1. The molecule has 0 saturated carbocycles. The molecule has 0 saturated heterocycles. The SMILES string of the molecule is CCOC(=O)c1cnc2cc(C(F)(F)F)ccc2c1Nc1ccc(CC)cc1. The van der Waals surface area contributed by atoms with Gasteiger partial charge in [-0.1, -0.05) is 25.1 Å². The van der Waals surface area contributed by atoms with Crippen molar-refractivity contribution < 1.29 is 22.7 Å². The van der Waals surface area contributed by atoms with Gasteiger partial charge in [-0.05, 0) is 43.2 Å². The lowest BCUT2D eigenvalue weighted by Crippen LogP contribution is -2.10. The normalized spacial score (nSPS) is 11.5.